The third-order valence-electron chi connectivity index (χ3n) is 4.08. The van der Waals surface area contributed by atoms with Crippen LogP contribution in [0, 0.1) is 0 Å². The van der Waals surface area contributed by atoms with Gasteiger partial charge in [-0.15, -0.1) is 11.3 Å². The molecule has 0 spiro atoms. The van der Waals surface area contributed by atoms with Crippen LogP contribution in [0.2, 0.25) is 0 Å². The lowest BCUT2D eigenvalue weighted by molar-refractivity contribution is 0.103. The first-order chi connectivity index (χ1) is 9.74. The summed E-state index contributed by atoms with van der Waals surface area (Å²) >= 11 is 4.95. The van der Waals surface area contributed by atoms with Crippen LogP contribution in [0.15, 0.2) is 39.5 Å². The fraction of sp³-hybridized carbons (Fsp3) is 0.353. The van der Waals surface area contributed by atoms with E-state index in [1.165, 1.54) is 37.7 Å². The predicted molar refractivity (Wildman–Crippen MR) is 87.7 cm³/mol. The first-order valence-electron chi connectivity index (χ1n) is 7.13. The Morgan fingerprint density at radius 2 is 1.75 bits per heavy atom. The standard InChI is InChI=1S/C17H17BrOS/c18-16-10-15(11-20-16)17(19)14-8-6-13(7-9-14)12-4-2-1-3-5-12/h6-12H,1-5H2. The van der Waals surface area contributed by atoms with E-state index in [0.29, 0.717) is 5.92 Å². The summed E-state index contributed by atoms with van der Waals surface area (Å²) < 4.78 is 1.000. The van der Waals surface area contributed by atoms with E-state index in [9.17, 15) is 4.79 Å². The summed E-state index contributed by atoms with van der Waals surface area (Å²) in [5, 5.41) is 1.90. The molecule has 1 heterocycles. The minimum Gasteiger partial charge on any atom is -0.289 e. The molecule has 1 fully saturated rings. The Labute approximate surface area is 132 Å². The van der Waals surface area contributed by atoms with Crippen LogP contribution in [0.4, 0.5) is 0 Å². The fourth-order valence-electron chi connectivity index (χ4n) is 2.94. The molecule has 1 saturated carbocycles. The molecule has 0 unspecified atom stereocenters. The molecule has 1 aliphatic rings. The molecule has 0 N–H and O–H groups in total. The van der Waals surface area contributed by atoms with E-state index < -0.39 is 0 Å². The van der Waals surface area contributed by atoms with Crippen LogP contribution in [0.5, 0.6) is 0 Å². The van der Waals surface area contributed by atoms with E-state index in [1.54, 1.807) is 11.3 Å². The number of rotatable bonds is 3. The van der Waals surface area contributed by atoms with E-state index in [0.717, 1.165) is 14.9 Å². The second-order valence-electron chi connectivity index (χ2n) is 5.43. The zero-order valence-electron chi connectivity index (χ0n) is 11.3. The second-order valence-corrected chi connectivity index (χ2v) is 7.72. The van der Waals surface area contributed by atoms with Gasteiger partial charge in [0.05, 0.1) is 3.79 Å². The van der Waals surface area contributed by atoms with E-state index in [2.05, 4.69) is 28.1 Å². The molecule has 0 bridgehead atoms. The number of benzene rings is 1. The molecule has 104 valence electrons. The molecule has 1 aliphatic carbocycles. The van der Waals surface area contributed by atoms with Gasteiger partial charge in [-0.05, 0) is 46.3 Å². The number of hydrogen-bond acceptors (Lipinski definition) is 2. The van der Waals surface area contributed by atoms with Crippen molar-refractivity contribution in [2.75, 3.05) is 0 Å². The Bertz CT molecular complexity index is 594. The highest BCUT2D eigenvalue weighted by Crippen LogP contribution is 2.32. The van der Waals surface area contributed by atoms with Gasteiger partial charge in [-0.1, -0.05) is 43.5 Å². The van der Waals surface area contributed by atoms with Crippen LogP contribution in [-0.4, -0.2) is 5.78 Å². The number of carbonyl (C=O) groups is 1. The van der Waals surface area contributed by atoms with Crippen LogP contribution in [0.3, 0.4) is 0 Å². The molecule has 0 saturated heterocycles. The molecule has 0 amide bonds. The number of hydrogen-bond donors (Lipinski definition) is 0. The van der Waals surface area contributed by atoms with Gasteiger partial charge in [-0.25, -0.2) is 0 Å². The zero-order valence-corrected chi connectivity index (χ0v) is 13.7. The van der Waals surface area contributed by atoms with Gasteiger partial charge in [-0.2, -0.15) is 0 Å². The lowest BCUT2D eigenvalue weighted by Crippen LogP contribution is -2.05. The molecule has 0 radical (unpaired) electrons. The van der Waals surface area contributed by atoms with Crippen molar-refractivity contribution in [2.45, 2.75) is 38.0 Å². The van der Waals surface area contributed by atoms with Crippen LogP contribution in [-0.2, 0) is 0 Å². The maximum absolute atomic E-state index is 12.3. The Kier molecular flexibility index (Phi) is 4.37. The lowest BCUT2D eigenvalue weighted by Gasteiger charge is -2.22. The monoisotopic (exact) mass is 348 g/mol. The first kappa shape index (κ1) is 14.0. The molecule has 1 aromatic heterocycles. The second kappa shape index (κ2) is 6.23. The van der Waals surface area contributed by atoms with Gasteiger partial charge in [0.25, 0.3) is 0 Å². The van der Waals surface area contributed by atoms with Gasteiger partial charge in [0, 0.05) is 16.5 Å². The van der Waals surface area contributed by atoms with Crippen molar-refractivity contribution in [3.05, 3.63) is 56.2 Å². The van der Waals surface area contributed by atoms with Crippen molar-refractivity contribution in [2.24, 2.45) is 0 Å². The molecule has 2 aromatic rings. The highest BCUT2D eigenvalue weighted by molar-refractivity contribution is 9.11. The van der Waals surface area contributed by atoms with Gasteiger partial charge < -0.3 is 0 Å². The molecular weight excluding hydrogens is 332 g/mol. The summed E-state index contributed by atoms with van der Waals surface area (Å²) in [6.07, 6.45) is 6.65. The largest absolute Gasteiger partial charge is 0.289 e. The van der Waals surface area contributed by atoms with Crippen LogP contribution in [0.25, 0.3) is 0 Å². The van der Waals surface area contributed by atoms with Crippen molar-refractivity contribution < 1.29 is 4.79 Å². The van der Waals surface area contributed by atoms with E-state index in [-0.39, 0.29) is 5.78 Å². The topological polar surface area (TPSA) is 17.1 Å². The average Bonchev–Trinajstić information content (AvgIpc) is 2.94. The smallest absolute Gasteiger partial charge is 0.193 e. The fourth-order valence-corrected chi connectivity index (χ4v) is 4.08. The SMILES string of the molecule is O=C(c1ccc(C2CCCCC2)cc1)c1csc(Br)c1. The van der Waals surface area contributed by atoms with Crippen molar-refractivity contribution >= 4 is 33.0 Å². The minimum atomic E-state index is 0.113. The number of carbonyl (C=O) groups excluding carboxylic acids is 1. The highest BCUT2D eigenvalue weighted by atomic mass is 79.9. The Hall–Kier alpha value is -0.930. The summed E-state index contributed by atoms with van der Waals surface area (Å²) in [5.74, 6) is 0.810. The first-order valence-corrected chi connectivity index (χ1v) is 8.80. The van der Waals surface area contributed by atoms with Gasteiger partial charge in [0.2, 0.25) is 0 Å². The molecule has 20 heavy (non-hydrogen) atoms. The summed E-state index contributed by atoms with van der Waals surface area (Å²) in [4.78, 5) is 12.3. The van der Waals surface area contributed by atoms with Crippen LogP contribution in [0.1, 0.15) is 59.5 Å². The van der Waals surface area contributed by atoms with Crippen molar-refractivity contribution in [1.82, 2.24) is 0 Å². The molecule has 1 aromatic carbocycles. The Morgan fingerprint density at radius 1 is 1.05 bits per heavy atom. The van der Waals surface area contributed by atoms with Crippen LogP contribution < -0.4 is 0 Å². The normalized spacial score (nSPS) is 16.2. The van der Waals surface area contributed by atoms with Gasteiger partial charge in [0.1, 0.15) is 0 Å². The Morgan fingerprint density at radius 3 is 2.35 bits per heavy atom. The molecule has 3 heteroatoms. The predicted octanol–water partition coefficient (Wildman–Crippen LogP) is 5.79. The highest BCUT2D eigenvalue weighted by Gasteiger charge is 2.16. The summed E-state index contributed by atoms with van der Waals surface area (Å²) in [6.45, 7) is 0. The molecule has 0 aliphatic heterocycles. The molecule has 3 rings (SSSR count). The van der Waals surface area contributed by atoms with Gasteiger partial charge in [0.15, 0.2) is 5.78 Å². The maximum Gasteiger partial charge on any atom is 0.193 e. The molecule has 0 atom stereocenters. The van der Waals surface area contributed by atoms with E-state index >= 15 is 0 Å². The molecule has 1 nitrogen and oxygen atoms in total. The maximum atomic E-state index is 12.3. The molecular formula is C17H17BrOS. The number of ketones is 1. The van der Waals surface area contributed by atoms with Crippen molar-refractivity contribution in [3.63, 3.8) is 0 Å². The van der Waals surface area contributed by atoms with Gasteiger partial charge in [-0.3, -0.25) is 4.79 Å². The third kappa shape index (κ3) is 3.04. The average molecular weight is 349 g/mol. The lowest BCUT2D eigenvalue weighted by atomic mass is 9.84. The number of halogens is 1. The quantitative estimate of drug-likeness (QED) is 0.641. The summed E-state index contributed by atoms with van der Waals surface area (Å²) in [5.41, 5.74) is 2.95. The Balaban J connectivity index is 1.77. The minimum absolute atomic E-state index is 0.113. The van der Waals surface area contributed by atoms with Gasteiger partial charge >= 0.3 is 0 Å². The number of thiophene rings is 1. The summed E-state index contributed by atoms with van der Waals surface area (Å²) in [7, 11) is 0. The third-order valence-corrected chi connectivity index (χ3v) is 5.58. The van der Waals surface area contributed by atoms with E-state index in [4.69, 9.17) is 0 Å². The van der Waals surface area contributed by atoms with E-state index in [1.807, 2.05) is 23.6 Å². The zero-order chi connectivity index (χ0) is 13.9. The van der Waals surface area contributed by atoms with Crippen molar-refractivity contribution in [3.8, 4) is 0 Å². The summed E-state index contributed by atoms with van der Waals surface area (Å²) in [6, 6.07) is 10.1. The van der Waals surface area contributed by atoms with Crippen molar-refractivity contribution in [1.29, 1.82) is 0 Å². The van der Waals surface area contributed by atoms with Crippen LogP contribution >= 0.6 is 27.3 Å².